The minimum Gasteiger partial charge on any atom is -0.346 e. The first kappa shape index (κ1) is 18.4. The summed E-state index contributed by atoms with van der Waals surface area (Å²) in [5, 5.41) is 12.4. The van der Waals surface area contributed by atoms with Gasteiger partial charge in [0.25, 0.3) is 5.91 Å². The largest absolute Gasteiger partial charge is 0.346 e. The van der Waals surface area contributed by atoms with Gasteiger partial charge >= 0.3 is 0 Å². The number of aromatic nitrogens is 3. The molecule has 2 N–H and O–H groups in total. The van der Waals surface area contributed by atoms with Gasteiger partial charge in [0.1, 0.15) is 5.01 Å². The molecule has 6 nitrogen and oxygen atoms in total. The standard InChI is InChI=1S/C19H21N5OS.ClH/c1-11-9-20-19(26-11)13-2-3-14-15(8-13)22-23-17(14)18(25)21-16-10-24-6-4-12(16)5-7-24;/h2-3,8-9,12,16H,4-7,10H2,1H3,(H,21,25)(H,22,23);1H. The second kappa shape index (κ2) is 7.22. The van der Waals surface area contributed by atoms with Crippen molar-refractivity contribution in [2.24, 2.45) is 5.92 Å². The second-order valence-corrected chi connectivity index (χ2v) is 8.56. The molecular formula is C19H22ClN5OS. The number of benzene rings is 1. The van der Waals surface area contributed by atoms with Crippen molar-refractivity contribution in [3.63, 3.8) is 0 Å². The van der Waals surface area contributed by atoms with Crippen LogP contribution < -0.4 is 5.32 Å². The van der Waals surface area contributed by atoms with E-state index in [9.17, 15) is 4.79 Å². The lowest BCUT2D eigenvalue weighted by Crippen LogP contribution is -2.57. The van der Waals surface area contributed by atoms with Crippen molar-refractivity contribution in [2.75, 3.05) is 19.6 Å². The number of halogens is 1. The third-order valence-electron chi connectivity index (χ3n) is 5.62. The van der Waals surface area contributed by atoms with Crippen LogP contribution in [0.25, 0.3) is 21.5 Å². The maximum Gasteiger partial charge on any atom is 0.272 e. The summed E-state index contributed by atoms with van der Waals surface area (Å²) in [7, 11) is 0. The van der Waals surface area contributed by atoms with E-state index in [0.29, 0.717) is 11.6 Å². The van der Waals surface area contributed by atoms with E-state index in [1.807, 2.05) is 31.3 Å². The molecule has 0 saturated carbocycles. The van der Waals surface area contributed by atoms with Crippen molar-refractivity contribution in [3.05, 3.63) is 35.0 Å². The number of amides is 1. The molecule has 8 heteroatoms. The third-order valence-corrected chi connectivity index (χ3v) is 6.58. The number of rotatable bonds is 3. The zero-order chi connectivity index (χ0) is 17.7. The summed E-state index contributed by atoms with van der Waals surface area (Å²) in [5.41, 5.74) is 2.40. The van der Waals surface area contributed by atoms with Gasteiger partial charge in [0.15, 0.2) is 5.69 Å². The third kappa shape index (κ3) is 3.35. The molecule has 1 aromatic carbocycles. The molecule has 0 spiro atoms. The molecule has 1 unspecified atom stereocenters. The molecule has 0 radical (unpaired) electrons. The molecule has 3 aliphatic rings. The smallest absolute Gasteiger partial charge is 0.272 e. The van der Waals surface area contributed by atoms with Gasteiger partial charge in [-0.3, -0.25) is 9.89 Å². The van der Waals surface area contributed by atoms with E-state index in [2.05, 4.69) is 25.4 Å². The van der Waals surface area contributed by atoms with Gasteiger partial charge < -0.3 is 10.2 Å². The maximum atomic E-state index is 12.8. The number of piperidine rings is 3. The number of carbonyl (C=O) groups excluding carboxylic acids is 1. The lowest BCUT2D eigenvalue weighted by atomic mass is 9.84. The minimum atomic E-state index is -0.0761. The van der Waals surface area contributed by atoms with Gasteiger partial charge in [-0.1, -0.05) is 6.07 Å². The SMILES string of the molecule is Cc1cnc(-c2ccc3c(C(=O)NC4CN5CCC4CC5)n[nH]c3c2)s1.Cl. The molecule has 3 fully saturated rings. The fraction of sp³-hybridized carbons (Fsp3) is 0.421. The molecule has 5 heterocycles. The average Bonchev–Trinajstić information content (AvgIpc) is 3.28. The van der Waals surface area contributed by atoms with E-state index in [1.165, 1.54) is 30.8 Å². The number of H-pyrrole nitrogens is 1. The number of nitrogens with zero attached hydrogens (tertiary/aromatic N) is 3. The van der Waals surface area contributed by atoms with Crippen molar-refractivity contribution in [2.45, 2.75) is 25.8 Å². The normalized spacial score (nSPS) is 24.0. The number of aromatic amines is 1. The summed E-state index contributed by atoms with van der Waals surface area (Å²) in [4.78, 5) is 20.9. The van der Waals surface area contributed by atoms with Gasteiger partial charge in [0.05, 0.1) is 5.52 Å². The first-order valence-electron chi connectivity index (χ1n) is 9.11. The molecule has 27 heavy (non-hydrogen) atoms. The van der Waals surface area contributed by atoms with Crippen LogP contribution in [-0.4, -0.2) is 51.7 Å². The number of hydrogen-bond acceptors (Lipinski definition) is 5. The van der Waals surface area contributed by atoms with Crippen LogP contribution >= 0.6 is 23.7 Å². The average molecular weight is 404 g/mol. The zero-order valence-corrected chi connectivity index (χ0v) is 16.7. The molecule has 1 atom stereocenters. The molecule has 1 amide bonds. The van der Waals surface area contributed by atoms with Crippen molar-refractivity contribution < 1.29 is 4.79 Å². The lowest BCUT2D eigenvalue weighted by molar-refractivity contribution is 0.0618. The topological polar surface area (TPSA) is 73.9 Å². The summed E-state index contributed by atoms with van der Waals surface area (Å²) < 4.78 is 0. The molecule has 2 bridgehead atoms. The van der Waals surface area contributed by atoms with Crippen LogP contribution in [0.3, 0.4) is 0 Å². The van der Waals surface area contributed by atoms with Crippen LogP contribution in [0.2, 0.25) is 0 Å². The fourth-order valence-corrected chi connectivity index (χ4v) is 4.94. The number of fused-ring (bicyclic) bond motifs is 4. The first-order chi connectivity index (χ1) is 12.7. The van der Waals surface area contributed by atoms with E-state index in [1.54, 1.807) is 11.3 Å². The molecule has 3 aromatic rings. The Morgan fingerprint density at radius 2 is 2.15 bits per heavy atom. The van der Waals surface area contributed by atoms with Gasteiger partial charge in [-0.25, -0.2) is 4.98 Å². The van der Waals surface area contributed by atoms with Crippen LogP contribution in [-0.2, 0) is 0 Å². The lowest BCUT2D eigenvalue weighted by Gasteiger charge is -2.44. The van der Waals surface area contributed by atoms with Gasteiger partial charge in [-0.15, -0.1) is 23.7 Å². The van der Waals surface area contributed by atoms with Crippen LogP contribution in [0.1, 0.15) is 28.2 Å². The summed E-state index contributed by atoms with van der Waals surface area (Å²) >= 11 is 1.66. The Morgan fingerprint density at radius 1 is 1.33 bits per heavy atom. The maximum absolute atomic E-state index is 12.8. The molecule has 3 aliphatic heterocycles. The van der Waals surface area contributed by atoms with E-state index < -0.39 is 0 Å². The molecule has 2 aromatic heterocycles. The van der Waals surface area contributed by atoms with Gasteiger partial charge in [0.2, 0.25) is 0 Å². The highest BCUT2D eigenvalue weighted by Crippen LogP contribution is 2.30. The zero-order valence-electron chi connectivity index (χ0n) is 15.1. The Morgan fingerprint density at radius 3 is 2.81 bits per heavy atom. The molecule has 6 rings (SSSR count). The Hall–Kier alpha value is -1.96. The van der Waals surface area contributed by atoms with Crippen molar-refractivity contribution in [1.82, 2.24) is 25.4 Å². The molecule has 142 valence electrons. The first-order valence-corrected chi connectivity index (χ1v) is 9.93. The Bertz CT molecular complexity index is 976. The highest BCUT2D eigenvalue weighted by atomic mass is 35.5. The van der Waals surface area contributed by atoms with Gasteiger partial charge in [-0.2, -0.15) is 5.10 Å². The summed E-state index contributed by atoms with van der Waals surface area (Å²) in [6.07, 6.45) is 4.25. The highest BCUT2D eigenvalue weighted by Gasteiger charge is 2.35. The van der Waals surface area contributed by atoms with E-state index in [0.717, 1.165) is 28.0 Å². The van der Waals surface area contributed by atoms with Crippen LogP contribution in [0, 0.1) is 12.8 Å². The van der Waals surface area contributed by atoms with Crippen LogP contribution in [0.4, 0.5) is 0 Å². The molecule has 0 aliphatic carbocycles. The molecule has 3 saturated heterocycles. The number of hydrogen-bond donors (Lipinski definition) is 2. The second-order valence-electron chi connectivity index (χ2n) is 7.33. The number of carbonyl (C=O) groups is 1. The van der Waals surface area contributed by atoms with Crippen molar-refractivity contribution in [1.29, 1.82) is 0 Å². The van der Waals surface area contributed by atoms with Crippen LogP contribution in [0.15, 0.2) is 24.4 Å². The fourth-order valence-electron chi connectivity index (χ4n) is 4.18. The quantitative estimate of drug-likeness (QED) is 0.704. The minimum absolute atomic E-state index is 0. The monoisotopic (exact) mass is 403 g/mol. The number of nitrogens with one attached hydrogen (secondary N) is 2. The highest BCUT2D eigenvalue weighted by molar-refractivity contribution is 7.14. The Labute approximate surface area is 167 Å². The van der Waals surface area contributed by atoms with Crippen molar-refractivity contribution in [3.8, 4) is 10.6 Å². The summed E-state index contributed by atoms with van der Waals surface area (Å²) in [5.74, 6) is 0.529. The Balaban J connectivity index is 0.00000180. The van der Waals surface area contributed by atoms with Gasteiger partial charge in [0, 0.05) is 34.6 Å². The van der Waals surface area contributed by atoms with Gasteiger partial charge in [-0.05, 0) is 50.9 Å². The predicted octanol–water partition coefficient (Wildman–Crippen LogP) is 3.24. The van der Waals surface area contributed by atoms with E-state index in [4.69, 9.17) is 0 Å². The van der Waals surface area contributed by atoms with Crippen molar-refractivity contribution >= 4 is 40.6 Å². The summed E-state index contributed by atoms with van der Waals surface area (Å²) in [6, 6.07) is 6.25. The number of thiazole rings is 1. The van der Waals surface area contributed by atoms with Crippen LogP contribution in [0.5, 0.6) is 0 Å². The predicted molar refractivity (Wildman–Crippen MR) is 110 cm³/mol. The van der Waals surface area contributed by atoms with E-state index in [-0.39, 0.29) is 24.4 Å². The van der Waals surface area contributed by atoms with E-state index >= 15 is 0 Å². The Kier molecular flexibility index (Phi) is 4.92. The summed E-state index contributed by atoms with van der Waals surface area (Å²) in [6.45, 7) is 5.35. The number of aryl methyl sites for hydroxylation is 1. The molecular weight excluding hydrogens is 382 g/mol.